The molecule has 0 spiro atoms. The standard InChI is InChI=1S/C22H16N2O8S/c1-12-9-13(24(28)29)3-6-16(12)17-7-4-14(31-17)10-19-20(25)23(22(27)33-19)11-15-5-8-18(32-15)21(26)30-2/h3-10H,11H2,1-2H3. The summed E-state index contributed by atoms with van der Waals surface area (Å²) in [5.74, 6) is -0.136. The van der Waals surface area contributed by atoms with E-state index in [0.717, 1.165) is 16.7 Å². The number of methoxy groups -OCH3 is 1. The summed E-state index contributed by atoms with van der Waals surface area (Å²) < 4.78 is 15.7. The second kappa shape index (κ2) is 8.79. The van der Waals surface area contributed by atoms with Crippen molar-refractivity contribution in [2.75, 3.05) is 7.11 Å². The zero-order valence-corrected chi connectivity index (χ0v) is 18.2. The molecule has 1 aliphatic rings. The molecule has 1 saturated heterocycles. The molecule has 2 amide bonds. The van der Waals surface area contributed by atoms with E-state index in [4.69, 9.17) is 8.83 Å². The number of thioether (sulfide) groups is 1. The smallest absolute Gasteiger partial charge is 0.373 e. The first kappa shape index (κ1) is 22.1. The zero-order valence-electron chi connectivity index (χ0n) is 17.4. The van der Waals surface area contributed by atoms with E-state index in [9.17, 15) is 24.5 Å². The lowest BCUT2D eigenvalue weighted by molar-refractivity contribution is -0.384. The van der Waals surface area contributed by atoms with Gasteiger partial charge in [0.25, 0.3) is 16.8 Å². The summed E-state index contributed by atoms with van der Waals surface area (Å²) in [5, 5.41) is 10.4. The summed E-state index contributed by atoms with van der Waals surface area (Å²) in [4.78, 5) is 48.2. The maximum absolute atomic E-state index is 12.7. The van der Waals surface area contributed by atoms with Crippen molar-refractivity contribution in [3.8, 4) is 11.3 Å². The number of ether oxygens (including phenoxy) is 1. The largest absolute Gasteiger partial charge is 0.463 e. The van der Waals surface area contributed by atoms with Crippen LogP contribution in [0.1, 0.15) is 27.6 Å². The van der Waals surface area contributed by atoms with Crippen LogP contribution < -0.4 is 0 Å². The molecular weight excluding hydrogens is 452 g/mol. The van der Waals surface area contributed by atoms with Crippen molar-refractivity contribution in [2.24, 2.45) is 0 Å². The van der Waals surface area contributed by atoms with Crippen LogP contribution in [0.5, 0.6) is 0 Å². The number of nitro groups is 1. The van der Waals surface area contributed by atoms with Crippen molar-refractivity contribution >= 4 is 40.6 Å². The number of hydrogen-bond acceptors (Lipinski definition) is 9. The average molecular weight is 468 g/mol. The van der Waals surface area contributed by atoms with Gasteiger partial charge in [0, 0.05) is 23.8 Å². The first-order valence-corrected chi connectivity index (χ1v) is 10.4. The maximum atomic E-state index is 12.7. The van der Waals surface area contributed by atoms with E-state index in [1.165, 1.54) is 37.5 Å². The number of benzene rings is 1. The molecule has 10 nitrogen and oxygen atoms in total. The Balaban J connectivity index is 1.51. The van der Waals surface area contributed by atoms with Crippen LogP contribution in [0, 0.1) is 17.0 Å². The highest BCUT2D eigenvalue weighted by atomic mass is 32.2. The van der Waals surface area contributed by atoms with Crippen LogP contribution in [-0.4, -0.2) is 34.0 Å². The van der Waals surface area contributed by atoms with Gasteiger partial charge >= 0.3 is 5.97 Å². The van der Waals surface area contributed by atoms with Crippen molar-refractivity contribution in [2.45, 2.75) is 13.5 Å². The van der Waals surface area contributed by atoms with Gasteiger partial charge in [-0.25, -0.2) is 4.79 Å². The number of nitro benzene ring substituents is 1. The van der Waals surface area contributed by atoms with Gasteiger partial charge in [0.1, 0.15) is 17.3 Å². The summed E-state index contributed by atoms with van der Waals surface area (Å²) in [6, 6.07) is 10.6. The van der Waals surface area contributed by atoms with Crippen LogP contribution in [-0.2, 0) is 16.1 Å². The second-order valence-electron chi connectivity index (χ2n) is 6.98. The average Bonchev–Trinajstić information content (AvgIpc) is 3.50. The first-order valence-electron chi connectivity index (χ1n) is 9.54. The fourth-order valence-electron chi connectivity index (χ4n) is 3.21. The Hall–Kier alpha value is -4.12. The van der Waals surface area contributed by atoms with Crippen molar-refractivity contribution < 1.29 is 32.9 Å². The van der Waals surface area contributed by atoms with Crippen molar-refractivity contribution in [3.63, 3.8) is 0 Å². The van der Waals surface area contributed by atoms with Crippen LogP contribution in [0.25, 0.3) is 17.4 Å². The van der Waals surface area contributed by atoms with Gasteiger partial charge in [0.2, 0.25) is 5.76 Å². The molecule has 1 aromatic carbocycles. The quantitative estimate of drug-likeness (QED) is 0.217. The number of amides is 2. The minimum absolute atomic E-state index is 0.0213. The summed E-state index contributed by atoms with van der Waals surface area (Å²) in [5.41, 5.74) is 1.31. The maximum Gasteiger partial charge on any atom is 0.373 e. The molecule has 0 aliphatic carbocycles. The monoisotopic (exact) mass is 468 g/mol. The highest BCUT2D eigenvalue weighted by Gasteiger charge is 2.36. The number of rotatable bonds is 6. The SMILES string of the molecule is COC(=O)c1ccc(CN2C(=O)SC(=Cc3ccc(-c4ccc([N+](=O)[O-])cc4C)o3)C2=O)o1. The third kappa shape index (κ3) is 4.44. The molecular formula is C22H16N2O8S. The molecule has 33 heavy (non-hydrogen) atoms. The van der Waals surface area contributed by atoms with Gasteiger partial charge in [0.05, 0.1) is 23.5 Å². The highest BCUT2D eigenvalue weighted by molar-refractivity contribution is 8.18. The van der Waals surface area contributed by atoms with Gasteiger partial charge in [-0.3, -0.25) is 24.6 Å². The minimum Gasteiger partial charge on any atom is -0.463 e. The van der Waals surface area contributed by atoms with E-state index in [0.29, 0.717) is 22.6 Å². The number of imide groups is 1. The number of esters is 1. The van der Waals surface area contributed by atoms with Gasteiger partial charge in [-0.1, -0.05) is 0 Å². The molecule has 0 radical (unpaired) electrons. The molecule has 4 rings (SSSR count). The van der Waals surface area contributed by atoms with E-state index in [1.54, 1.807) is 25.1 Å². The van der Waals surface area contributed by atoms with Crippen molar-refractivity contribution in [1.29, 1.82) is 0 Å². The molecule has 11 heteroatoms. The molecule has 1 aliphatic heterocycles. The third-order valence-electron chi connectivity index (χ3n) is 4.82. The molecule has 3 aromatic rings. The third-order valence-corrected chi connectivity index (χ3v) is 5.73. The number of carbonyl (C=O) groups is 3. The Morgan fingerprint density at radius 1 is 1.18 bits per heavy atom. The van der Waals surface area contributed by atoms with Crippen molar-refractivity contribution in [3.05, 3.63) is 80.3 Å². The number of carbonyl (C=O) groups excluding carboxylic acids is 3. The molecule has 0 saturated carbocycles. The van der Waals surface area contributed by atoms with Crippen LogP contribution in [0.2, 0.25) is 0 Å². The summed E-state index contributed by atoms with van der Waals surface area (Å²) in [6.45, 7) is 1.60. The van der Waals surface area contributed by atoms with Gasteiger partial charge in [0.15, 0.2) is 0 Å². The molecule has 3 heterocycles. The highest BCUT2D eigenvalue weighted by Crippen LogP contribution is 2.35. The number of aryl methyl sites for hydroxylation is 1. The predicted octanol–water partition coefficient (Wildman–Crippen LogP) is 4.78. The van der Waals surface area contributed by atoms with Gasteiger partial charge in [-0.15, -0.1) is 0 Å². The van der Waals surface area contributed by atoms with Gasteiger partial charge < -0.3 is 13.6 Å². The molecule has 0 bridgehead atoms. The lowest BCUT2D eigenvalue weighted by Gasteiger charge is -2.09. The molecule has 168 valence electrons. The van der Waals surface area contributed by atoms with Gasteiger partial charge in [-0.2, -0.15) is 0 Å². The van der Waals surface area contributed by atoms with E-state index in [1.807, 2.05) is 0 Å². The van der Waals surface area contributed by atoms with E-state index < -0.39 is 22.0 Å². The number of non-ortho nitro benzene ring substituents is 1. The zero-order chi connectivity index (χ0) is 23.7. The topological polar surface area (TPSA) is 133 Å². The predicted molar refractivity (Wildman–Crippen MR) is 117 cm³/mol. The van der Waals surface area contributed by atoms with E-state index >= 15 is 0 Å². The Morgan fingerprint density at radius 3 is 2.67 bits per heavy atom. The Bertz CT molecular complexity index is 1320. The molecule has 2 aromatic heterocycles. The van der Waals surface area contributed by atoms with Gasteiger partial charge in [-0.05, 0) is 54.6 Å². The van der Waals surface area contributed by atoms with Crippen LogP contribution in [0.15, 0.2) is 56.2 Å². The summed E-state index contributed by atoms with van der Waals surface area (Å²) in [7, 11) is 1.22. The van der Waals surface area contributed by atoms with E-state index in [-0.39, 0.29) is 28.7 Å². The first-order chi connectivity index (χ1) is 15.8. The summed E-state index contributed by atoms with van der Waals surface area (Å²) >= 11 is 0.757. The van der Waals surface area contributed by atoms with E-state index in [2.05, 4.69) is 4.74 Å². The lowest BCUT2D eigenvalue weighted by Crippen LogP contribution is -2.27. The minimum atomic E-state index is -0.660. The van der Waals surface area contributed by atoms with Crippen LogP contribution >= 0.6 is 11.8 Å². The van der Waals surface area contributed by atoms with Crippen LogP contribution in [0.4, 0.5) is 10.5 Å². The molecule has 0 N–H and O–H groups in total. The Labute approximate surface area is 190 Å². The molecule has 0 atom stereocenters. The lowest BCUT2D eigenvalue weighted by atomic mass is 10.1. The fraction of sp³-hybridized carbons (Fsp3) is 0.136. The number of nitrogens with zero attached hydrogens (tertiary/aromatic N) is 2. The number of hydrogen-bond donors (Lipinski definition) is 0. The number of furan rings is 2. The molecule has 1 fully saturated rings. The van der Waals surface area contributed by atoms with Crippen molar-refractivity contribution in [1.82, 2.24) is 4.90 Å². The van der Waals surface area contributed by atoms with Crippen LogP contribution in [0.3, 0.4) is 0 Å². The second-order valence-corrected chi connectivity index (χ2v) is 7.98. The normalized spacial score (nSPS) is 14.8. The summed E-state index contributed by atoms with van der Waals surface area (Å²) in [6.07, 6.45) is 1.46. The Morgan fingerprint density at radius 2 is 1.97 bits per heavy atom. The fourth-order valence-corrected chi connectivity index (χ4v) is 4.03. The Kier molecular flexibility index (Phi) is 5.88. The molecule has 0 unspecified atom stereocenters.